The fraction of sp³-hybridized carbons (Fsp3) is 0.812. The maximum absolute atomic E-state index is 12.5. The molecule has 0 saturated carbocycles. The highest BCUT2D eigenvalue weighted by molar-refractivity contribution is 5.83. The monoisotopic (exact) mass is 280 g/mol. The number of amides is 1. The Labute approximate surface area is 122 Å². The van der Waals surface area contributed by atoms with Gasteiger partial charge in [0.1, 0.15) is 0 Å². The van der Waals surface area contributed by atoms with Crippen LogP contribution in [0.2, 0.25) is 0 Å². The third-order valence-corrected chi connectivity index (χ3v) is 4.58. The minimum Gasteiger partial charge on any atom is -0.384 e. The van der Waals surface area contributed by atoms with Gasteiger partial charge in [0, 0.05) is 13.7 Å². The maximum Gasteiger partial charge on any atom is 0.228 e. The van der Waals surface area contributed by atoms with E-state index in [1.165, 1.54) is 31.3 Å². The molecule has 2 aliphatic rings. The summed E-state index contributed by atoms with van der Waals surface area (Å²) >= 11 is 0. The summed E-state index contributed by atoms with van der Waals surface area (Å²) in [7, 11) is 1.68. The first-order chi connectivity index (χ1) is 9.77. The van der Waals surface area contributed by atoms with E-state index in [4.69, 9.17) is 4.74 Å². The SMILES string of the molecule is COCC1(C(=O)NCCC2=CCCCC2)CCNCC1. The maximum atomic E-state index is 12.5. The zero-order valence-electron chi connectivity index (χ0n) is 12.7. The highest BCUT2D eigenvalue weighted by Gasteiger charge is 2.39. The van der Waals surface area contributed by atoms with Crippen molar-refractivity contribution in [2.45, 2.75) is 44.9 Å². The van der Waals surface area contributed by atoms with Crippen molar-refractivity contribution in [2.24, 2.45) is 5.41 Å². The van der Waals surface area contributed by atoms with Gasteiger partial charge in [0.05, 0.1) is 12.0 Å². The van der Waals surface area contributed by atoms with Gasteiger partial charge in [0.15, 0.2) is 0 Å². The molecule has 0 aromatic rings. The largest absolute Gasteiger partial charge is 0.384 e. The topological polar surface area (TPSA) is 50.4 Å². The highest BCUT2D eigenvalue weighted by Crippen LogP contribution is 2.29. The minimum atomic E-state index is -0.319. The van der Waals surface area contributed by atoms with Gasteiger partial charge in [-0.25, -0.2) is 0 Å². The van der Waals surface area contributed by atoms with E-state index >= 15 is 0 Å². The van der Waals surface area contributed by atoms with Crippen LogP contribution in [0, 0.1) is 5.41 Å². The number of methoxy groups -OCH3 is 1. The molecule has 1 aliphatic carbocycles. The summed E-state index contributed by atoms with van der Waals surface area (Å²) in [6.07, 6.45) is 10.1. The molecule has 1 saturated heterocycles. The average Bonchev–Trinajstić information content (AvgIpc) is 2.49. The fourth-order valence-electron chi connectivity index (χ4n) is 3.27. The summed E-state index contributed by atoms with van der Waals surface area (Å²) in [4.78, 5) is 12.5. The third kappa shape index (κ3) is 4.06. The van der Waals surface area contributed by atoms with Gasteiger partial charge in [-0.05, 0) is 58.0 Å². The number of allylic oxidation sites excluding steroid dienone is 1. The molecule has 4 heteroatoms. The first kappa shape index (κ1) is 15.5. The van der Waals surface area contributed by atoms with Crippen LogP contribution in [0.15, 0.2) is 11.6 Å². The molecule has 1 aliphatic heterocycles. The number of carbonyl (C=O) groups excluding carboxylic acids is 1. The van der Waals surface area contributed by atoms with Crippen molar-refractivity contribution in [2.75, 3.05) is 33.4 Å². The van der Waals surface area contributed by atoms with Crippen molar-refractivity contribution in [1.82, 2.24) is 10.6 Å². The van der Waals surface area contributed by atoms with E-state index in [1.54, 1.807) is 7.11 Å². The molecule has 1 amide bonds. The Balaban J connectivity index is 1.80. The fourth-order valence-corrected chi connectivity index (χ4v) is 3.27. The van der Waals surface area contributed by atoms with Gasteiger partial charge in [-0.15, -0.1) is 0 Å². The molecule has 114 valence electrons. The van der Waals surface area contributed by atoms with Gasteiger partial charge < -0.3 is 15.4 Å². The standard InChI is InChI=1S/C16H28N2O2/c1-20-13-16(8-11-17-12-9-16)15(19)18-10-7-14-5-3-2-4-6-14/h5,17H,2-4,6-13H2,1H3,(H,18,19). The van der Waals surface area contributed by atoms with Crippen LogP contribution in [0.25, 0.3) is 0 Å². The number of carbonyl (C=O) groups is 1. The molecule has 0 aromatic heterocycles. The number of hydrogen-bond acceptors (Lipinski definition) is 3. The van der Waals surface area contributed by atoms with Crippen molar-refractivity contribution in [3.8, 4) is 0 Å². The summed E-state index contributed by atoms with van der Waals surface area (Å²) in [6, 6.07) is 0. The second-order valence-electron chi connectivity index (χ2n) is 6.08. The molecular weight excluding hydrogens is 252 g/mol. The lowest BCUT2D eigenvalue weighted by atomic mass is 9.78. The molecular formula is C16H28N2O2. The van der Waals surface area contributed by atoms with Crippen LogP contribution in [-0.4, -0.2) is 39.3 Å². The molecule has 1 fully saturated rings. The zero-order chi connectivity index (χ0) is 14.3. The normalized spacial score (nSPS) is 22.1. The van der Waals surface area contributed by atoms with Gasteiger partial charge in [-0.1, -0.05) is 11.6 Å². The quantitative estimate of drug-likeness (QED) is 0.732. The van der Waals surface area contributed by atoms with Crippen molar-refractivity contribution in [1.29, 1.82) is 0 Å². The van der Waals surface area contributed by atoms with Crippen LogP contribution in [0.3, 0.4) is 0 Å². The van der Waals surface area contributed by atoms with Gasteiger partial charge in [0.25, 0.3) is 0 Å². The first-order valence-electron chi connectivity index (χ1n) is 7.93. The van der Waals surface area contributed by atoms with Crippen LogP contribution in [0.5, 0.6) is 0 Å². The van der Waals surface area contributed by atoms with Crippen molar-refractivity contribution in [3.05, 3.63) is 11.6 Å². The van der Waals surface area contributed by atoms with Gasteiger partial charge in [-0.2, -0.15) is 0 Å². The molecule has 0 atom stereocenters. The molecule has 0 bridgehead atoms. The van der Waals surface area contributed by atoms with E-state index < -0.39 is 0 Å². The van der Waals surface area contributed by atoms with Crippen LogP contribution in [-0.2, 0) is 9.53 Å². The Morgan fingerprint density at radius 1 is 1.40 bits per heavy atom. The Morgan fingerprint density at radius 2 is 2.20 bits per heavy atom. The summed E-state index contributed by atoms with van der Waals surface area (Å²) in [5.41, 5.74) is 1.20. The van der Waals surface area contributed by atoms with E-state index in [0.29, 0.717) is 6.61 Å². The first-order valence-corrected chi connectivity index (χ1v) is 7.93. The number of rotatable bonds is 6. The molecule has 4 nitrogen and oxygen atoms in total. The van der Waals surface area contributed by atoms with Crippen molar-refractivity contribution >= 4 is 5.91 Å². The minimum absolute atomic E-state index is 0.178. The van der Waals surface area contributed by atoms with Gasteiger partial charge in [0.2, 0.25) is 5.91 Å². The summed E-state index contributed by atoms with van der Waals surface area (Å²) in [5.74, 6) is 0.178. The summed E-state index contributed by atoms with van der Waals surface area (Å²) in [5, 5.41) is 6.45. The molecule has 0 radical (unpaired) electrons. The summed E-state index contributed by atoms with van der Waals surface area (Å²) < 4.78 is 5.30. The molecule has 2 N–H and O–H groups in total. The molecule has 2 rings (SSSR count). The smallest absolute Gasteiger partial charge is 0.228 e. The predicted octanol–water partition coefficient (Wildman–Crippen LogP) is 2.01. The molecule has 0 unspecified atom stereocenters. The molecule has 0 spiro atoms. The Morgan fingerprint density at radius 3 is 2.85 bits per heavy atom. The van der Waals surface area contributed by atoms with Gasteiger partial charge >= 0.3 is 0 Å². The second-order valence-corrected chi connectivity index (χ2v) is 6.08. The van der Waals surface area contributed by atoms with Crippen LogP contribution < -0.4 is 10.6 Å². The van der Waals surface area contributed by atoms with E-state index in [2.05, 4.69) is 16.7 Å². The lowest BCUT2D eigenvalue weighted by Gasteiger charge is -2.35. The van der Waals surface area contributed by atoms with Crippen LogP contribution in [0.1, 0.15) is 44.9 Å². The Kier molecular flexibility index (Phi) is 6.05. The summed E-state index contributed by atoms with van der Waals surface area (Å²) in [6.45, 7) is 3.11. The number of piperidine rings is 1. The molecule has 20 heavy (non-hydrogen) atoms. The van der Waals surface area contributed by atoms with Crippen molar-refractivity contribution < 1.29 is 9.53 Å². The predicted molar refractivity (Wildman–Crippen MR) is 80.6 cm³/mol. The van der Waals surface area contributed by atoms with E-state index in [0.717, 1.165) is 38.9 Å². The Hall–Kier alpha value is -0.870. The zero-order valence-corrected chi connectivity index (χ0v) is 12.7. The van der Waals surface area contributed by atoms with Crippen molar-refractivity contribution in [3.63, 3.8) is 0 Å². The third-order valence-electron chi connectivity index (χ3n) is 4.58. The van der Waals surface area contributed by atoms with Crippen LogP contribution >= 0.6 is 0 Å². The number of ether oxygens (including phenoxy) is 1. The molecule has 1 heterocycles. The lowest BCUT2D eigenvalue weighted by molar-refractivity contribution is -0.136. The van der Waals surface area contributed by atoms with E-state index in [-0.39, 0.29) is 11.3 Å². The second kappa shape index (κ2) is 7.79. The Bertz CT molecular complexity index is 341. The van der Waals surface area contributed by atoms with Gasteiger partial charge in [-0.3, -0.25) is 4.79 Å². The van der Waals surface area contributed by atoms with E-state index in [9.17, 15) is 4.79 Å². The average molecular weight is 280 g/mol. The van der Waals surface area contributed by atoms with Crippen LogP contribution in [0.4, 0.5) is 0 Å². The highest BCUT2D eigenvalue weighted by atomic mass is 16.5. The number of hydrogen-bond donors (Lipinski definition) is 2. The lowest BCUT2D eigenvalue weighted by Crippen LogP contribution is -2.50. The number of nitrogens with one attached hydrogen (secondary N) is 2. The molecule has 0 aromatic carbocycles. The van der Waals surface area contributed by atoms with E-state index in [1.807, 2.05) is 0 Å².